The van der Waals surface area contributed by atoms with E-state index in [1.807, 2.05) is 25.1 Å². The molecule has 2 aromatic carbocycles. The van der Waals surface area contributed by atoms with Gasteiger partial charge in [0.1, 0.15) is 23.7 Å². The maximum Gasteiger partial charge on any atom is 0.416 e. The summed E-state index contributed by atoms with van der Waals surface area (Å²) in [6.45, 7) is 2.54. The van der Waals surface area contributed by atoms with E-state index in [1.165, 1.54) is 12.4 Å². The van der Waals surface area contributed by atoms with Crippen LogP contribution < -0.4 is 11.1 Å². The Hall–Kier alpha value is -4.65. The van der Waals surface area contributed by atoms with Gasteiger partial charge in [0.15, 0.2) is 5.65 Å². The lowest BCUT2D eigenvalue weighted by atomic mass is 10.1. The van der Waals surface area contributed by atoms with Crippen LogP contribution in [-0.2, 0) is 12.7 Å². The van der Waals surface area contributed by atoms with Crippen LogP contribution in [0.1, 0.15) is 23.7 Å². The molecule has 3 heterocycles. The van der Waals surface area contributed by atoms with Crippen LogP contribution in [0.25, 0.3) is 21.8 Å². The second kappa shape index (κ2) is 8.61. The van der Waals surface area contributed by atoms with Crippen LogP contribution in [0.3, 0.4) is 0 Å². The Morgan fingerprint density at radius 2 is 1.83 bits per heavy atom. The molecule has 0 saturated heterocycles. The normalized spacial score (nSPS) is 11.4. The van der Waals surface area contributed by atoms with Crippen molar-refractivity contribution in [3.63, 3.8) is 0 Å². The van der Waals surface area contributed by atoms with Gasteiger partial charge >= 0.3 is 6.18 Å². The first-order valence-corrected chi connectivity index (χ1v) is 10.7. The van der Waals surface area contributed by atoms with Gasteiger partial charge in [-0.25, -0.2) is 19.6 Å². The van der Waals surface area contributed by atoms with Crippen molar-refractivity contribution in [2.75, 3.05) is 11.1 Å². The minimum atomic E-state index is -4.43. The predicted octanol–water partition coefficient (Wildman–Crippen LogP) is 5.14. The Bertz CT molecular complexity index is 1630. The fraction of sp³-hybridized carbons (Fsp3) is 0.120. The van der Waals surface area contributed by atoms with Crippen molar-refractivity contribution in [1.82, 2.24) is 24.7 Å². The lowest BCUT2D eigenvalue weighted by Gasteiger charge is -2.12. The van der Waals surface area contributed by atoms with Crippen LogP contribution in [-0.4, -0.2) is 24.7 Å². The van der Waals surface area contributed by atoms with Gasteiger partial charge in [0.25, 0.3) is 0 Å². The number of nitrogens with one attached hydrogen (secondary N) is 1. The third kappa shape index (κ3) is 4.19. The molecule has 35 heavy (non-hydrogen) atoms. The number of nitrogens with two attached hydrogens (primary N) is 1. The molecule has 0 aliphatic heterocycles. The van der Waals surface area contributed by atoms with Crippen LogP contribution in [0.2, 0.25) is 0 Å². The van der Waals surface area contributed by atoms with Gasteiger partial charge in [0.2, 0.25) is 0 Å². The molecule has 0 bridgehead atoms. The van der Waals surface area contributed by atoms with Crippen LogP contribution >= 0.6 is 0 Å². The average Bonchev–Trinajstić information content (AvgIpc) is 3.22. The molecule has 0 fully saturated rings. The molecule has 10 heteroatoms. The molecule has 0 radical (unpaired) electrons. The van der Waals surface area contributed by atoms with Crippen molar-refractivity contribution in [3.8, 4) is 11.8 Å². The average molecular weight is 473 g/mol. The molecule has 0 amide bonds. The van der Waals surface area contributed by atoms with Gasteiger partial charge in [-0.15, -0.1) is 0 Å². The Labute approximate surface area is 197 Å². The largest absolute Gasteiger partial charge is 0.416 e. The molecular weight excluding hydrogens is 455 g/mol. The van der Waals surface area contributed by atoms with E-state index in [9.17, 15) is 13.2 Å². The summed E-state index contributed by atoms with van der Waals surface area (Å²) in [7, 11) is 0. The van der Waals surface area contributed by atoms with Crippen molar-refractivity contribution in [3.05, 3.63) is 77.9 Å². The zero-order valence-electron chi connectivity index (χ0n) is 18.4. The molecule has 174 valence electrons. The maximum absolute atomic E-state index is 13.1. The summed E-state index contributed by atoms with van der Waals surface area (Å²) in [5.74, 6) is 6.94. The number of benzene rings is 2. The quantitative estimate of drug-likeness (QED) is 0.353. The van der Waals surface area contributed by atoms with E-state index in [2.05, 4.69) is 37.2 Å². The highest BCUT2D eigenvalue weighted by Crippen LogP contribution is 2.32. The van der Waals surface area contributed by atoms with E-state index >= 15 is 0 Å². The Kier molecular flexibility index (Phi) is 5.45. The zero-order valence-corrected chi connectivity index (χ0v) is 18.4. The number of anilines is 3. The summed E-state index contributed by atoms with van der Waals surface area (Å²) in [4.78, 5) is 12.6. The molecule has 0 spiro atoms. The number of nitrogen functional groups attached to an aromatic ring is 1. The highest BCUT2D eigenvalue weighted by Gasteiger charge is 2.30. The fourth-order valence-electron chi connectivity index (χ4n) is 3.79. The SMILES string of the molecule is CCn1nc(C#Cc2cccc3c(Nc4cccc(C(F)(F)F)c4)nccc23)c2c(N)ncnc21. The lowest BCUT2D eigenvalue weighted by molar-refractivity contribution is -0.137. The van der Waals surface area contributed by atoms with E-state index < -0.39 is 11.7 Å². The number of pyridine rings is 1. The van der Waals surface area contributed by atoms with Gasteiger partial charge in [-0.3, -0.25) is 0 Å². The Morgan fingerprint density at radius 1 is 1.00 bits per heavy atom. The minimum Gasteiger partial charge on any atom is -0.383 e. The second-order valence-corrected chi connectivity index (χ2v) is 7.64. The number of hydrogen-bond acceptors (Lipinski definition) is 6. The second-order valence-electron chi connectivity index (χ2n) is 7.64. The molecular formula is C25H18F3N7. The first-order chi connectivity index (χ1) is 16.8. The van der Waals surface area contributed by atoms with Gasteiger partial charge in [-0.05, 0) is 43.2 Å². The van der Waals surface area contributed by atoms with Gasteiger partial charge in [0.05, 0.1) is 10.9 Å². The minimum absolute atomic E-state index is 0.281. The molecule has 7 nitrogen and oxygen atoms in total. The first kappa shape index (κ1) is 22.2. The van der Waals surface area contributed by atoms with Crippen LogP contribution in [0.4, 0.5) is 30.5 Å². The molecule has 0 saturated carbocycles. The summed E-state index contributed by atoms with van der Waals surface area (Å²) in [6, 6.07) is 12.3. The fourth-order valence-corrected chi connectivity index (χ4v) is 3.79. The number of fused-ring (bicyclic) bond motifs is 2. The van der Waals surface area contributed by atoms with Gasteiger partial charge in [-0.2, -0.15) is 18.3 Å². The van der Waals surface area contributed by atoms with Crippen LogP contribution in [0, 0.1) is 11.8 Å². The van der Waals surface area contributed by atoms with Gasteiger partial charge in [0, 0.05) is 34.8 Å². The monoisotopic (exact) mass is 473 g/mol. The van der Waals surface area contributed by atoms with Gasteiger partial charge < -0.3 is 11.1 Å². The molecule has 5 rings (SSSR count). The molecule has 5 aromatic rings. The molecule has 0 unspecified atom stereocenters. The number of nitrogens with zero attached hydrogens (tertiary/aromatic N) is 5. The zero-order chi connectivity index (χ0) is 24.6. The number of aromatic nitrogens is 5. The summed E-state index contributed by atoms with van der Waals surface area (Å²) < 4.78 is 41.0. The van der Waals surface area contributed by atoms with Crippen molar-refractivity contribution >= 4 is 39.1 Å². The first-order valence-electron chi connectivity index (χ1n) is 10.7. The summed E-state index contributed by atoms with van der Waals surface area (Å²) in [5.41, 5.74) is 7.37. The lowest BCUT2D eigenvalue weighted by Crippen LogP contribution is -2.05. The van der Waals surface area contributed by atoms with E-state index in [0.717, 1.165) is 17.5 Å². The number of alkyl halides is 3. The Balaban J connectivity index is 1.56. The van der Waals surface area contributed by atoms with E-state index in [0.29, 0.717) is 45.9 Å². The standard InChI is InChI=1S/C25H18F3N7/c1-2-35-24-21(22(29)31-14-32-24)20(34-35)10-9-15-5-3-8-19-18(15)11-12-30-23(19)33-17-7-4-6-16(13-17)25(26,27)28/h3-8,11-14H,2H2,1H3,(H,30,33)(H2,29,31,32). The molecule has 3 aromatic heterocycles. The van der Waals surface area contributed by atoms with Crippen molar-refractivity contribution in [2.45, 2.75) is 19.6 Å². The van der Waals surface area contributed by atoms with Crippen LogP contribution in [0.5, 0.6) is 0 Å². The predicted molar refractivity (Wildman–Crippen MR) is 128 cm³/mol. The number of halogens is 3. The van der Waals surface area contributed by atoms with E-state index in [1.54, 1.807) is 23.0 Å². The van der Waals surface area contributed by atoms with Crippen molar-refractivity contribution < 1.29 is 13.2 Å². The third-order valence-electron chi connectivity index (χ3n) is 5.43. The van der Waals surface area contributed by atoms with Gasteiger partial charge in [-0.1, -0.05) is 24.1 Å². The maximum atomic E-state index is 13.1. The van der Waals surface area contributed by atoms with Crippen molar-refractivity contribution in [1.29, 1.82) is 0 Å². The smallest absolute Gasteiger partial charge is 0.383 e. The highest BCUT2D eigenvalue weighted by molar-refractivity contribution is 5.97. The van der Waals surface area contributed by atoms with Crippen LogP contribution in [0.15, 0.2) is 61.1 Å². The summed E-state index contributed by atoms with van der Waals surface area (Å²) >= 11 is 0. The topological polar surface area (TPSA) is 94.5 Å². The summed E-state index contributed by atoms with van der Waals surface area (Å²) in [5, 5.41) is 9.59. The van der Waals surface area contributed by atoms with E-state index in [-0.39, 0.29) is 5.69 Å². The number of aryl methyl sites for hydroxylation is 1. The molecule has 0 aliphatic carbocycles. The van der Waals surface area contributed by atoms with Crippen molar-refractivity contribution in [2.24, 2.45) is 0 Å². The third-order valence-corrected chi connectivity index (χ3v) is 5.43. The highest BCUT2D eigenvalue weighted by atomic mass is 19.4. The Morgan fingerprint density at radius 3 is 2.63 bits per heavy atom. The number of hydrogen-bond donors (Lipinski definition) is 2. The summed E-state index contributed by atoms with van der Waals surface area (Å²) in [6.07, 6.45) is -1.47. The molecule has 0 aliphatic rings. The molecule has 3 N–H and O–H groups in total. The number of rotatable bonds is 3. The molecule has 0 atom stereocenters. The van der Waals surface area contributed by atoms with E-state index in [4.69, 9.17) is 5.73 Å².